The Hall–Kier alpha value is -2.34. The van der Waals surface area contributed by atoms with Crippen molar-refractivity contribution in [1.29, 1.82) is 0 Å². The molecule has 1 amide bonds. The van der Waals surface area contributed by atoms with Crippen molar-refractivity contribution >= 4 is 27.5 Å². The number of aromatic nitrogens is 2. The number of fused-ring (bicyclic) bond motifs is 1. The SMILES string of the molecule is Cc1nc(C)c2c(C)c(C(=O)N(C)Cc3ccccc3F)sc2n1. The average Bonchev–Trinajstić information content (AvgIpc) is 2.85. The Balaban J connectivity index is 1.95. The molecule has 24 heavy (non-hydrogen) atoms. The fraction of sp³-hybridized carbons (Fsp3) is 0.278. The highest BCUT2D eigenvalue weighted by Gasteiger charge is 2.22. The summed E-state index contributed by atoms with van der Waals surface area (Å²) in [6, 6.07) is 6.50. The van der Waals surface area contributed by atoms with E-state index in [1.807, 2.05) is 20.8 Å². The summed E-state index contributed by atoms with van der Waals surface area (Å²) in [5.74, 6) is 0.262. The second-order valence-electron chi connectivity index (χ2n) is 5.85. The number of thiophene rings is 1. The molecule has 3 rings (SSSR count). The highest BCUT2D eigenvalue weighted by molar-refractivity contribution is 7.20. The van der Waals surface area contributed by atoms with E-state index >= 15 is 0 Å². The minimum Gasteiger partial charge on any atom is -0.337 e. The van der Waals surface area contributed by atoms with Gasteiger partial charge < -0.3 is 4.90 Å². The third kappa shape index (κ3) is 2.89. The molecule has 6 heteroatoms. The van der Waals surface area contributed by atoms with E-state index in [4.69, 9.17) is 0 Å². The molecule has 3 aromatic rings. The number of hydrogen-bond acceptors (Lipinski definition) is 4. The highest BCUT2D eigenvalue weighted by Crippen LogP contribution is 2.32. The zero-order valence-corrected chi connectivity index (χ0v) is 14.9. The Morgan fingerprint density at radius 1 is 1.21 bits per heavy atom. The van der Waals surface area contributed by atoms with Crippen molar-refractivity contribution in [2.75, 3.05) is 7.05 Å². The fourth-order valence-electron chi connectivity index (χ4n) is 2.80. The first-order valence-electron chi connectivity index (χ1n) is 7.61. The van der Waals surface area contributed by atoms with Crippen LogP contribution in [0.5, 0.6) is 0 Å². The number of hydrogen-bond donors (Lipinski definition) is 0. The Bertz CT molecular complexity index is 935. The summed E-state index contributed by atoms with van der Waals surface area (Å²) in [5.41, 5.74) is 2.26. The molecule has 0 atom stereocenters. The summed E-state index contributed by atoms with van der Waals surface area (Å²) in [6.07, 6.45) is 0. The van der Waals surface area contributed by atoms with Gasteiger partial charge in [0.25, 0.3) is 5.91 Å². The molecule has 0 aliphatic heterocycles. The van der Waals surface area contributed by atoms with Crippen molar-refractivity contribution < 1.29 is 9.18 Å². The van der Waals surface area contributed by atoms with Crippen molar-refractivity contribution in [2.45, 2.75) is 27.3 Å². The van der Waals surface area contributed by atoms with Crippen LogP contribution in [0.15, 0.2) is 24.3 Å². The third-order valence-electron chi connectivity index (χ3n) is 3.99. The lowest BCUT2D eigenvalue weighted by Gasteiger charge is -2.17. The second kappa shape index (κ2) is 6.28. The molecule has 4 nitrogen and oxygen atoms in total. The van der Waals surface area contributed by atoms with Gasteiger partial charge >= 0.3 is 0 Å². The number of benzene rings is 1. The quantitative estimate of drug-likeness (QED) is 0.721. The molecule has 0 aliphatic carbocycles. The van der Waals surface area contributed by atoms with Crippen molar-refractivity contribution in [3.63, 3.8) is 0 Å². The maximum Gasteiger partial charge on any atom is 0.264 e. The summed E-state index contributed by atoms with van der Waals surface area (Å²) >= 11 is 1.37. The monoisotopic (exact) mass is 343 g/mol. The van der Waals surface area contributed by atoms with Gasteiger partial charge in [-0.2, -0.15) is 0 Å². The van der Waals surface area contributed by atoms with E-state index in [0.717, 1.165) is 21.5 Å². The van der Waals surface area contributed by atoms with Crippen molar-refractivity contribution in [1.82, 2.24) is 14.9 Å². The molecule has 2 aromatic heterocycles. The Morgan fingerprint density at radius 2 is 1.92 bits per heavy atom. The summed E-state index contributed by atoms with van der Waals surface area (Å²) in [7, 11) is 1.68. The van der Waals surface area contributed by atoms with Gasteiger partial charge in [0.1, 0.15) is 16.5 Å². The molecular weight excluding hydrogens is 325 g/mol. The molecule has 124 valence electrons. The number of carbonyl (C=O) groups excluding carboxylic acids is 1. The van der Waals surface area contributed by atoms with Crippen molar-refractivity contribution in [3.8, 4) is 0 Å². The molecular formula is C18H18FN3OS. The van der Waals surface area contributed by atoms with Gasteiger partial charge in [0.2, 0.25) is 0 Å². The van der Waals surface area contributed by atoms with Gasteiger partial charge in [-0.05, 0) is 32.4 Å². The van der Waals surface area contributed by atoms with Crippen LogP contribution in [0.2, 0.25) is 0 Å². The molecule has 0 aliphatic rings. The van der Waals surface area contributed by atoms with Crippen LogP contribution >= 0.6 is 11.3 Å². The molecule has 0 N–H and O–H groups in total. The molecule has 0 unspecified atom stereocenters. The fourth-order valence-corrected chi connectivity index (χ4v) is 4.08. The Morgan fingerprint density at radius 3 is 2.62 bits per heavy atom. The van der Waals surface area contributed by atoms with Gasteiger partial charge in [0, 0.05) is 30.2 Å². The van der Waals surface area contributed by atoms with E-state index in [9.17, 15) is 9.18 Å². The predicted molar refractivity (Wildman–Crippen MR) is 93.8 cm³/mol. The molecule has 0 spiro atoms. The minimum absolute atomic E-state index is 0.129. The van der Waals surface area contributed by atoms with Gasteiger partial charge in [-0.25, -0.2) is 14.4 Å². The number of carbonyl (C=O) groups is 1. The number of halogens is 1. The topological polar surface area (TPSA) is 46.1 Å². The summed E-state index contributed by atoms with van der Waals surface area (Å²) in [4.78, 5) is 24.6. The molecule has 0 saturated carbocycles. The van der Waals surface area contributed by atoms with Crippen LogP contribution in [0.3, 0.4) is 0 Å². The van der Waals surface area contributed by atoms with E-state index in [-0.39, 0.29) is 18.3 Å². The predicted octanol–water partition coefficient (Wildman–Crippen LogP) is 4.03. The Labute approximate surface area is 144 Å². The molecule has 2 heterocycles. The third-order valence-corrected chi connectivity index (χ3v) is 5.16. The van der Waals surface area contributed by atoms with Crippen LogP contribution in [0, 0.1) is 26.6 Å². The van der Waals surface area contributed by atoms with Crippen LogP contribution in [0.1, 0.15) is 32.3 Å². The van der Waals surface area contributed by atoms with Gasteiger partial charge in [-0.3, -0.25) is 4.79 Å². The van der Waals surface area contributed by atoms with Crippen LogP contribution in [-0.2, 0) is 6.54 Å². The highest BCUT2D eigenvalue weighted by atomic mass is 32.1. The molecule has 0 saturated heterocycles. The van der Waals surface area contributed by atoms with Gasteiger partial charge in [0.15, 0.2) is 0 Å². The number of nitrogens with zero attached hydrogens (tertiary/aromatic N) is 3. The first-order chi connectivity index (χ1) is 11.4. The van der Waals surface area contributed by atoms with Gasteiger partial charge in [-0.15, -0.1) is 11.3 Å². The number of amides is 1. The van der Waals surface area contributed by atoms with E-state index in [0.29, 0.717) is 16.3 Å². The average molecular weight is 343 g/mol. The van der Waals surface area contributed by atoms with E-state index in [1.54, 1.807) is 25.2 Å². The maximum absolute atomic E-state index is 13.8. The Kier molecular flexibility index (Phi) is 4.32. The summed E-state index contributed by atoms with van der Waals surface area (Å²) < 4.78 is 13.8. The van der Waals surface area contributed by atoms with Crippen molar-refractivity contribution in [3.05, 3.63) is 57.6 Å². The lowest BCUT2D eigenvalue weighted by atomic mass is 10.1. The smallest absolute Gasteiger partial charge is 0.264 e. The first-order valence-corrected chi connectivity index (χ1v) is 8.43. The van der Waals surface area contributed by atoms with Crippen LogP contribution in [0.25, 0.3) is 10.2 Å². The maximum atomic E-state index is 13.8. The molecule has 1 aromatic carbocycles. The summed E-state index contributed by atoms with van der Waals surface area (Å²) in [5, 5.41) is 0.938. The molecule has 0 radical (unpaired) electrons. The number of aryl methyl sites for hydroxylation is 3. The zero-order chi connectivity index (χ0) is 17.4. The minimum atomic E-state index is -0.303. The largest absolute Gasteiger partial charge is 0.337 e. The van der Waals surface area contributed by atoms with Crippen molar-refractivity contribution in [2.24, 2.45) is 0 Å². The second-order valence-corrected chi connectivity index (χ2v) is 6.84. The lowest BCUT2D eigenvalue weighted by Crippen LogP contribution is -2.26. The van der Waals surface area contributed by atoms with Gasteiger partial charge in [-0.1, -0.05) is 18.2 Å². The van der Waals surface area contributed by atoms with E-state index in [2.05, 4.69) is 9.97 Å². The van der Waals surface area contributed by atoms with Gasteiger partial charge in [0.05, 0.1) is 4.88 Å². The number of rotatable bonds is 3. The molecule has 0 bridgehead atoms. The normalized spacial score (nSPS) is 11.0. The van der Waals surface area contributed by atoms with E-state index < -0.39 is 0 Å². The lowest BCUT2D eigenvalue weighted by molar-refractivity contribution is 0.0788. The first kappa shape index (κ1) is 16.5. The molecule has 0 fully saturated rings. The van der Waals surface area contributed by atoms with E-state index in [1.165, 1.54) is 22.3 Å². The van der Waals surface area contributed by atoms with Crippen LogP contribution in [0.4, 0.5) is 4.39 Å². The summed E-state index contributed by atoms with van der Waals surface area (Å²) in [6.45, 7) is 5.90. The zero-order valence-electron chi connectivity index (χ0n) is 14.1. The standard InChI is InChI=1S/C18H18FN3OS/c1-10-15-11(2)20-12(3)21-17(15)24-16(10)18(23)22(4)9-13-7-5-6-8-14(13)19/h5-8H,9H2,1-4H3. The van der Waals surface area contributed by atoms with Crippen LogP contribution < -0.4 is 0 Å². The van der Waals surface area contributed by atoms with Crippen LogP contribution in [-0.4, -0.2) is 27.8 Å².